The number of halogens is 4. The van der Waals surface area contributed by atoms with Gasteiger partial charge in [0.1, 0.15) is 0 Å². The first-order chi connectivity index (χ1) is 16.5. The van der Waals surface area contributed by atoms with E-state index in [1.54, 1.807) is 41.1 Å². The first-order valence-corrected chi connectivity index (χ1v) is 12.3. The number of para-hydroxylation sites is 1. The van der Waals surface area contributed by atoms with Crippen molar-refractivity contribution >= 4 is 56.8 Å². The standard InChI is InChI=1S/C24H16Cl2F2N2O4S/c25-17-6-4-16(19(26)11-17)13-30-23(32)10-15-3-1-2-14(24(15)30)5-9-22(31)29-35(33,34)18-7-8-20(27)21(28)12-18/h1-9,11-12H,10,13H2,(H,29,31)/b9-5+. The first-order valence-electron chi connectivity index (χ1n) is 10.1. The Hall–Kier alpha value is -3.27. The minimum Gasteiger partial charge on any atom is -0.307 e. The normalized spacial score (nSPS) is 13.4. The number of nitrogens with one attached hydrogen (secondary N) is 1. The fourth-order valence-electron chi connectivity index (χ4n) is 3.62. The van der Waals surface area contributed by atoms with Crippen LogP contribution < -0.4 is 9.62 Å². The molecular weight excluding hydrogens is 521 g/mol. The third-order valence-corrected chi connectivity index (χ3v) is 7.19. The van der Waals surface area contributed by atoms with E-state index >= 15 is 0 Å². The lowest BCUT2D eigenvalue weighted by Crippen LogP contribution is -2.29. The van der Waals surface area contributed by atoms with Crippen LogP contribution in [0.5, 0.6) is 0 Å². The zero-order chi connectivity index (χ0) is 25.3. The Labute approximate surface area is 209 Å². The van der Waals surface area contributed by atoms with E-state index in [4.69, 9.17) is 23.2 Å². The van der Waals surface area contributed by atoms with E-state index in [0.717, 1.165) is 17.7 Å². The number of hydrogen-bond donors (Lipinski definition) is 1. The number of anilines is 1. The first kappa shape index (κ1) is 24.8. The van der Waals surface area contributed by atoms with E-state index in [0.29, 0.717) is 39.0 Å². The van der Waals surface area contributed by atoms with Gasteiger partial charge >= 0.3 is 0 Å². The smallest absolute Gasteiger partial charge is 0.264 e. The van der Waals surface area contributed by atoms with Gasteiger partial charge < -0.3 is 4.90 Å². The van der Waals surface area contributed by atoms with Gasteiger partial charge in [-0.2, -0.15) is 0 Å². The number of benzene rings is 3. The molecule has 0 spiro atoms. The molecule has 0 saturated carbocycles. The fourth-order valence-corrected chi connectivity index (χ4v) is 5.05. The Balaban J connectivity index is 1.57. The van der Waals surface area contributed by atoms with Crippen molar-refractivity contribution in [1.29, 1.82) is 0 Å². The van der Waals surface area contributed by atoms with E-state index in [1.807, 2.05) is 0 Å². The largest absolute Gasteiger partial charge is 0.307 e. The topological polar surface area (TPSA) is 83.6 Å². The van der Waals surface area contributed by atoms with E-state index < -0.39 is 32.5 Å². The molecular formula is C24H16Cl2F2N2O4S. The Kier molecular flexibility index (Phi) is 6.93. The van der Waals surface area contributed by atoms with Crippen molar-refractivity contribution in [1.82, 2.24) is 4.72 Å². The van der Waals surface area contributed by atoms with Crippen molar-refractivity contribution in [2.45, 2.75) is 17.9 Å². The molecule has 1 heterocycles. The summed E-state index contributed by atoms with van der Waals surface area (Å²) in [6.45, 7) is 0.170. The van der Waals surface area contributed by atoms with Gasteiger partial charge in [0.05, 0.1) is 23.5 Å². The molecule has 0 unspecified atom stereocenters. The molecule has 0 aromatic heterocycles. The number of fused-ring (bicyclic) bond motifs is 1. The summed E-state index contributed by atoms with van der Waals surface area (Å²) in [4.78, 5) is 26.0. The van der Waals surface area contributed by atoms with E-state index in [-0.39, 0.29) is 18.9 Å². The van der Waals surface area contributed by atoms with Crippen molar-refractivity contribution in [3.63, 3.8) is 0 Å². The summed E-state index contributed by atoms with van der Waals surface area (Å²) < 4.78 is 52.9. The second-order valence-electron chi connectivity index (χ2n) is 7.63. The third kappa shape index (κ3) is 5.37. The molecule has 1 aliphatic rings. The van der Waals surface area contributed by atoms with Gasteiger partial charge in [0, 0.05) is 16.1 Å². The van der Waals surface area contributed by atoms with Gasteiger partial charge in [0.15, 0.2) is 11.6 Å². The van der Waals surface area contributed by atoms with Crippen LogP contribution in [0.25, 0.3) is 6.08 Å². The maximum Gasteiger partial charge on any atom is 0.264 e. The number of carbonyl (C=O) groups is 2. The molecule has 3 aromatic carbocycles. The van der Waals surface area contributed by atoms with Gasteiger partial charge in [-0.25, -0.2) is 21.9 Å². The van der Waals surface area contributed by atoms with Crippen molar-refractivity contribution in [3.8, 4) is 0 Å². The molecule has 0 fully saturated rings. The molecule has 4 rings (SSSR count). The molecule has 2 amide bonds. The highest BCUT2D eigenvalue weighted by Gasteiger charge is 2.29. The molecule has 0 aliphatic carbocycles. The number of rotatable bonds is 6. The Morgan fingerprint density at radius 1 is 1.06 bits per heavy atom. The number of nitrogens with zero attached hydrogens (tertiary/aromatic N) is 1. The molecule has 0 radical (unpaired) electrons. The quantitative estimate of drug-likeness (QED) is 0.455. The predicted octanol–water partition coefficient (Wildman–Crippen LogP) is 4.88. The number of hydrogen-bond acceptors (Lipinski definition) is 4. The summed E-state index contributed by atoms with van der Waals surface area (Å²) in [5.41, 5.74) is 2.47. The molecule has 0 bridgehead atoms. The van der Waals surface area contributed by atoms with Crippen molar-refractivity contribution < 1.29 is 26.8 Å². The predicted molar refractivity (Wildman–Crippen MR) is 129 cm³/mol. The van der Waals surface area contributed by atoms with Crippen molar-refractivity contribution in [2.75, 3.05) is 4.90 Å². The highest BCUT2D eigenvalue weighted by atomic mass is 35.5. The molecule has 0 saturated heterocycles. The van der Waals surface area contributed by atoms with Gasteiger partial charge in [-0.1, -0.05) is 47.5 Å². The number of carbonyl (C=O) groups excluding carboxylic acids is 2. The molecule has 11 heteroatoms. The van der Waals surface area contributed by atoms with Gasteiger partial charge in [0.2, 0.25) is 5.91 Å². The van der Waals surface area contributed by atoms with Crippen LogP contribution in [-0.2, 0) is 32.6 Å². The van der Waals surface area contributed by atoms with Crippen LogP contribution in [0, 0.1) is 11.6 Å². The van der Waals surface area contributed by atoms with Gasteiger partial charge in [-0.3, -0.25) is 9.59 Å². The van der Waals surface area contributed by atoms with Gasteiger partial charge in [0.25, 0.3) is 15.9 Å². The Morgan fingerprint density at radius 3 is 2.54 bits per heavy atom. The molecule has 35 heavy (non-hydrogen) atoms. The van der Waals surface area contributed by atoms with Crippen LogP contribution in [0.15, 0.2) is 65.6 Å². The molecule has 180 valence electrons. The summed E-state index contributed by atoms with van der Waals surface area (Å²) >= 11 is 12.2. The summed E-state index contributed by atoms with van der Waals surface area (Å²) in [5, 5.41) is 0.855. The highest BCUT2D eigenvalue weighted by molar-refractivity contribution is 7.90. The van der Waals surface area contributed by atoms with Crippen LogP contribution in [0.1, 0.15) is 16.7 Å². The average Bonchev–Trinajstić information content (AvgIpc) is 3.11. The molecule has 6 nitrogen and oxygen atoms in total. The van der Waals surface area contributed by atoms with Crippen LogP contribution in [0.4, 0.5) is 14.5 Å². The van der Waals surface area contributed by atoms with Crippen LogP contribution >= 0.6 is 23.2 Å². The van der Waals surface area contributed by atoms with Gasteiger partial charge in [-0.15, -0.1) is 0 Å². The number of sulfonamides is 1. The second kappa shape index (κ2) is 9.77. The Bertz CT molecular complexity index is 1490. The third-order valence-electron chi connectivity index (χ3n) is 5.26. The van der Waals surface area contributed by atoms with Crippen molar-refractivity contribution in [2.24, 2.45) is 0 Å². The minimum atomic E-state index is -4.43. The maximum atomic E-state index is 13.4. The Morgan fingerprint density at radius 2 is 1.83 bits per heavy atom. The van der Waals surface area contributed by atoms with E-state index in [1.165, 1.54) is 11.0 Å². The minimum absolute atomic E-state index is 0.152. The van der Waals surface area contributed by atoms with E-state index in [2.05, 4.69) is 0 Å². The van der Waals surface area contributed by atoms with Crippen LogP contribution in [0.2, 0.25) is 10.0 Å². The van der Waals surface area contributed by atoms with E-state index in [9.17, 15) is 26.8 Å². The van der Waals surface area contributed by atoms with Gasteiger partial charge in [-0.05, 0) is 53.1 Å². The zero-order valence-electron chi connectivity index (χ0n) is 17.8. The lowest BCUT2D eigenvalue weighted by Gasteiger charge is -2.20. The molecule has 1 aliphatic heterocycles. The van der Waals surface area contributed by atoms with Crippen molar-refractivity contribution in [3.05, 3.63) is 99.0 Å². The highest BCUT2D eigenvalue weighted by Crippen LogP contribution is 2.35. The maximum absolute atomic E-state index is 13.4. The summed E-state index contributed by atoms with van der Waals surface area (Å²) in [6.07, 6.45) is 2.49. The van der Waals surface area contributed by atoms with Crippen LogP contribution in [-0.4, -0.2) is 20.2 Å². The lowest BCUT2D eigenvalue weighted by molar-refractivity contribution is -0.117. The monoisotopic (exact) mass is 536 g/mol. The molecule has 3 aromatic rings. The summed E-state index contributed by atoms with van der Waals surface area (Å²) in [6, 6.07) is 12.1. The SMILES string of the molecule is O=C(/C=C/c1cccc2c1N(Cc1ccc(Cl)cc1Cl)C(=O)C2)NS(=O)(=O)c1ccc(F)c(F)c1. The zero-order valence-corrected chi connectivity index (χ0v) is 20.1. The fraction of sp³-hybridized carbons (Fsp3) is 0.0833. The second-order valence-corrected chi connectivity index (χ2v) is 10.2. The molecule has 0 atom stereocenters. The van der Waals surface area contributed by atoms with Crippen LogP contribution in [0.3, 0.4) is 0 Å². The average molecular weight is 537 g/mol. The lowest BCUT2D eigenvalue weighted by atomic mass is 10.1. The summed E-state index contributed by atoms with van der Waals surface area (Å²) in [5.74, 6) is -3.76. The summed E-state index contributed by atoms with van der Waals surface area (Å²) in [7, 11) is -4.43. The number of amides is 2. The molecule has 1 N–H and O–H groups in total.